The summed E-state index contributed by atoms with van der Waals surface area (Å²) in [7, 11) is 1.52. The molecule has 0 bridgehead atoms. The topological polar surface area (TPSA) is 17.8 Å². The van der Waals surface area contributed by atoms with Crippen molar-refractivity contribution in [2.24, 2.45) is 7.05 Å². The number of rotatable bonds is 1. The Morgan fingerprint density at radius 3 is 2.25 bits per heavy atom. The van der Waals surface area contributed by atoms with Crippen LogP contribution in [0.25, 0.3) is 0 Å². The van der Waals surface area contributed by atoms with Crippen molar-refractivity contribution in [3.8, 4) is 0 Å². The summed E-state index contributed by atoms with van der Waals surface area (Å²) in [6.07, 6.45) is -1.05. The van der Waals surface area contributed by atoms with Crippen molar-refractivity contribution in [3.05, 3.63) is 32.1 Å². The van der Waals surface area contributed by atoms with Gasteiger partial charge in [-0.2, -0.15) is 0 Å². The minimum Gasteiger partial charge on any atom is -0.412 e. The minimum absolute atomic E-state index is 0. The van der Waals surface area contributed by atoms with Crippen molar-refractivity contribution < 1.29 is 45.7 Å². The minimum atomic E-state index is -2.51. The largest absolute Gasteiger partial charge is 0.412 e. The number of hydrogen-bond acceptors (Lipinski definition) is 1. The average Bonchev–Trinajstić information content (AvgIpc) is 2.10. The monoisotopic (exact) mass is 329 g/mol. The fraction of sp³-hybridized carbons (Fsp3) is 0.286. The van der Waals surface area contributed by atoms with Gasteiger partial charge >= 0.3 is 0 Å². The first kappa shape index (κ1) is 14.7. The summed E-state index contributed by atoms with van der Waals surface area (Å²) < 4.78 is 25.1. The van der Waals surface area contributed by atoms with E-state index in [4.69, 9.17) is 0 Å². The third-order valence-corrected chi connectivity index (χ3v) is 1.16. The molecule has 0 saturated carbocycles. The van der Waals surface area contributed by atoms with Crippen LogP contribution in [0.2, 0.25) is 0 Å². The molecular weight excluding hydrogens is 319 g/mol. The van der Waals surface area contributed by atoms with Crippen LogP contribution in [0.3, 0.4) is 0 Å². The molecule has 0 amide bonds. The fourth-order valence-electron chi connectivity index (χ4n) is 0.747. The summed E-state index contributed by atoms with van der Waals surface area (Å²) in [6.45, 7) is 3.42. The van der Waals surface area contributed by atoms with Gasteiger partial charge in [-0.3, -0.25) is 4.98 Å². The van der Waals surface area contributed by atoms with E-state index in [9.17, 15) is 8.78 Å². The molecule has 1 aromatic heterocycles. The number of imidazole rings is 1. The summed E-state index contributed by atoms with van der Waals surface area (Å²) in [4.78, 5) is 3.51. The molecule has 1 rings (SSSR count). The average molecular weight is 329 g/mol. The van der Waals surface area contributed by atoms with Crippen LogP contribution in [0.4, 0.5) is 8.78 Å². The molecule has 0 fully saturated rings. The van der Waals surface area contributed by atoms with Gasteiger partial charge in [0.25, 0.3) is 6.43 Å². The van der Waals surface area contributed by atoms with Gasteiger partial charge in [0.15, 0.2) is 5.82 Å². The van der Waals surface area contributed by atoms with Gasteiger partial charge in [0.05, 0.1) is 0 Å². The molecule has 0 aliphatic heterocycles. The van der Waals surface area contributed by atoms with Crippen LogP contribution < -0.4 is 0 Å². The van der Waals surface area contributed by atoms with Gasteiger partial charge < -0.3 is 12.0 Å². The van der Waals surface area contributed by atoms with Crippen molar-refractivity contribution in [1.29, 1.82) is 0 Å². The van der Waals surface area contributed by atoms with E-state index >= 15 is 0 Å². The summed E-state index contributed by atoms with van der Waals surface area (Å²) >= 11 is 0. The van der Waals surface area contributed by atoms with Crippen molar-refractivity contribution in [2.75, 3.05) is 0 Å². The molecule has 0 unspecified atom stereocenters. The third-order valence-electron chi connectivity index (χ3n) is 1.16. The Kier molecular flexibility index (Phi) is 7.04. The Bertz CT molecular complexity index is 235. The first-order valence-electron chi connectivity index (χ1n) is 2.74. The van der Waals surface area contributed by atoms with Crippen LogP contribution in [-0.2, 0) is 7.05 Å². The van der Waals surface area contributed by atoms with Crippen LogP contribution in [0, 0.1) is 51.2 Å². The van der Waals surface area contributed by atoms with Gasteiger partial charge in [-0.15, -0.1) is 6.20 Å². The molecule has 0 atom stereocenters. The van der Waals surface area contributed by atoms with E-state index in [1.54, 1.807) is 0 Å². The quantitative estimate of drug-likeness (QED) is 0.721. The number of alkyl halides is 2. The van der Waals surface area contributed by atoms with Crippen LogP contribution in [0.15, 0.2) is 6.20 Å². The summed E-state index contributed by atoms with van der Waals surface area (Å²) in [5.41, 5.74) is 0.373. The third kappa shape index (κ3) is 3.27. The Morgan fingerprint density at radius 2 is 2.08 bits per heavy atom. The predicted octanol–water partition coefficient (Wildman–Crippen LogP) is 1.99. The Balaban J connectivity index is 0. The summed E-state index contributed by atoms with van der Waals surface area (Å²) in [6, 6.07) is 0. The van der Waals surface area contributed by atoms with E-state index in [0.717, 1.165) is 0 Å². The molecule has 77 valence electrons. The molecule has 12 heavy (non-hydrogen) atoms. The molecule has 0 aliphatic rings. The first-order chi connectivity index (χ1) is 4.61. The van der Waals surface area contributed by atoms with Crippen LogP contribution >= 0.6 is 0 Å². The zero-order chi connectivity index (χ0) is 7.72. The van der Waals surface area contributed by atoms with E-state index in [-0.39, 0.29) is 50.1 Å². The number of nitrogens with zero attached hydrogens (tertiary/aromatic N) is 2. The molecule has 1 aromatic rings. The van der Waals surface area contributed by atoms with E-state index in [0.29, 0.717) is 5.69 Å². The van der Waals surface area contributed by atoms with Gasteiger partial charge in [0.1, 0.15) is 0 Å². The summed E-state index contributed by atoms with van der Waals surface area (Å²) in [5.74, 6) is -0.231. The maximum absolute atomic E-state index is 11.9. The number of aryl methyl sites for hydroxylation is 1. The second-order valence-corrected chi connectivity index (χ2v) is 2.00. The van der Waals surface area contributed by atoms with Gasteiger partial charge in [0, 0.05) is 36.9 Å². The molecule has 1 radical (unpaired) electrons. The molecule has 0 aliphatic carbocycles. The maximum atomic E-state index is 11.9. The SMILES string of the molecule is [CH2-]c1cn(C)c(C(F)F)n1.[CH3-].[Tm]. The van der Waals surface area contributed by atoms with E-state index in [2.05, 4.69) is 11.9 Å². The molecule has 5 heteroatoms. The maximum Gasteiger partial charge on any atom is 0.294 e. The second kappa shape index (κ2) is 5.76. The smallest absolute Gasteiger partial charge is 0.294 e. The van der Waals surface area contributed by atoms with Crippen molar-refractivity contribution in [2.45, 2.75) is 6.43 Å². The molecule has 0 saturated heterocycles. The number of halogens is 2. The fourth-order valence-corrected chi connectivity index (χ4v) is 0.747. The standard InChI is InChI=1S/C6H7F2N2.CH3.Tm/c1-4-3-10(2)6(9-4)5(7)8;;/h3,5H,1H2,2H3;1H3;/q2*-1;. The normalized spacial score (nSPS) is 9.00. The molecule has 0 aromatic carbocycles. The zero-order valence-electron chi connectivity index (χ0n) is 6.79. The molecular formula is C7H10F2N2Tm-2. The number of aromatic nitrogens is 2. The molecule has 0 N–H and O–H groups in total. The molecule has 2 nitrogen and oxygen atoms in total. The molecule has 1 heterocycles. The summed E-state index contributed by atoms with van der Waals surface area (Å²) in [5, 5.41) is 0. The van der Waals surface area contributed by atoms with E-state index in [1.165, 1.54) is 17.8 Å². The van der Waals surface area contributed by atoms with Crippen molar-refractivity contribution in [3.63, 3.8) is 0 Å². The Morgan fingerprint density at radius 1 is 1.58 bits per heavy atom. The second-order valence-electron chi connectivity index (χ2n) is 2.00. The van der Waals surface area contributed by atoms with Gasteiger partial charge in [-0.05, 0) is 7.05 Å². The van der Waals surface area contributed by atoms with Gasteiger partial charge in [-0.25, -0.2) is 15.7 Å². The Hall–Kier alpha value is 0.174. The van der Waals surface area contributed by atoms with E-state index in [1.807, 2.05) is 0 Å². The Labute approximate surface area is 100 Å². The first-order valence-corrected chi connectivity index (χ1v) is 2.74. The molecule has 0 spiro atoms. The van der Waals surface area contributed by atoms with Crippen LogP contribution in [0.5, 0.6) is 0 Å². The van der Waals surface area contributed by atoms with E-state index < -0.39 is 6.43 Å². The predicted molar refractivity (Wildman–Crippen MR) is 39.0 cm³/mol. The van der Waals surface area contributed by atoms with Gasteiger partial charge in [0.2, 0.25) is 0 Å². The van der Waals surface area contributed by atoms with Crippen molar-refractivity contribution >= 4 is 0 Å². The van der Waals surface area contributed by atoms with Gasteiger partial charge in [-0.1, -0.05) is 5.69 Å². The zero-order valence-corrected chi connectivity index (χ0v) is 8.57. The number of hydrogen-bond donors (Lipinski definition) is 0. The van der Waals surface area contributed by atoms with Crippen LogP contribution in [-0.4, -0.2) is 9.55 Å². The van der Waals surface area contributed by atoms with Crippen LogP contribution in [0.1, 0.15) is 17.9 Å². The van der Waals surface area contributed by atoms with Crippen molar-refractivity contribution in [1.82, 2.24) is 9.55 Å².